The number of halogens is 1. The Bertz CT molecular complexity index is 966. The number of rotatable bonds is 4. The molecule has 0 N–H and O–H groups in total. The number of amides is 1. The number of nitrogens with zero attached hydrogens (tertiary/aromatic N) is 4. The highest BCUT2D eigenvalue weighted by Crippen LogP contribution is 2.28. The quantitative estimate of drug-likeness (QED) is 0.691. The molecule has 0 bridgehead atoms. The minimum Gasteiger partial charge on any atom is -0.496 e. The van der Waals surface area contributed by atoms with E-state index in [0.717, 1.165) is 5.69 Å². The van der Waals surface area contributed by atoms with Crippen LogP contribution in [0.15, 0.2) is 52.9 Å². The predicted octanol–water partition coefficient (Wildman–Crippen LogP) is 2.85. The molecule has 8 heteroatoms. The zero-order chi connectivity index (χ0) is 19.5. The van der Waals surface area contributed by atoms with E-state index in [0.29, 0.717) is 37.5 Å². The standard InChI is InChI=1S/C20H19FN4O3/c1-27-17-5-3-2-4-16(17)18-22-23-19(28-18)20(26)25-12-10-24(11-13-25)15-8-6-14(21)7-9-15/h2-9H,10-13H2,1H3. The Hall–Kier alpha value is -3.42. The number of aromatic nitrogens is 2. The lowest BCUT2D eigenvalue weighted by atomic mass is 10.2. The highest BCUT2D eigenvalue weighted by molar-refractivity contribution is 5.90. The summed E-state index contributed by atoms with van der Waals surface area (Å²) in [6, 6.07) is 13.6. The molecule has 4 rings (SSSR count). The molecule has 3 aromatic rings. The monoisotopic (exact) mass is 382 g/mol. The van der Waals surface area contributed by atoms with Gasteiger partial charge in [-0.05, 0) is 36.4 Å². The molecule has 7 nitrogen and oxygen atoms in total. The van der Waals surface area contributed by atoms with E-state index in [1.807, 2.05) is 12.1 Å². The van der Waals surface area contributed by atoms with Crippen LogP contribution in [0.2, 0.25) is 0 Å². The summed E-state index contributed by atoms with van der Waals surface area (Å²) in [5, 5.41) is 7.90. The lowest BCUT2D eigenvalue weighted by Gasteiger charge is -2.35. The van der Waals surface area contributed by atoms with E-state index in [-0.39, 0.29) is 23.5 Å². The van der Waals surface area contributed by atoms with Crippen molar-refractivity contribution < 1.29 is 18.3 Å². The smallest absolute Gasteiger partial charge is 0.311 e. The Balaban J connectivity index is 1.43. The van der Waals surface area contributed by atoms with Gasteiger partial charge in [0.15, 0.2) is 0 Å². The molecule has 0 spiro atoms. The second-order valence-corrected chi connectivity index (χ2v) is 6.37. The van der Waals surface area contributed by atoms with Gasteiger partial charge < -0.3 is 19.0 Å². The van der Waals surface area contributed by atoms with Gasteiger partial charge in [-0.15, -0.1) is 10.2 Å². The van der Waals surface area contributed by atoms with E-state index < -0.39 is 0 Å². The molecule has 1 fully saturated rings. The number of piperazine rings is 1. The number of benzene rings is 2. The van der Waals surface area contributed by atoms with Gasteiger partial charge in [0.1, 0.15) is 11.6 Å². The Labute approximate surface area is 161 Å². The first-order valence-electron chi connectivity index (χ1n) is 8.92. The second kappa shape index (κ2) is 7.67. The largest absolute Gasteiger partial charge is 0.496 e. The van der Waals surface area contributed by atoms with Crippen LogP contribution in [0.4, 0.5) is 10.1 Å². The molecule has 0 atom stereocenters. The van der Waals surface area contributed by atoms with E-state index in [1.54, 1.807) is 36.3 Å². The fourth-order valence-corrected chi connectivity index (χ4v) is 3.19. The number of para-hydroxylation sites is 1. The third kappa shape index (κ3) is 3.53. The van der Waals surface area contributed by atoms with Crippen molar-refractivity contribution in [3.05, 3.63) is 60.2 Å². The van der Waals surface area contributed by atoms with Crippen LogP contribution in [-0.4, -0.2) is 54.3 Å². The second-order valence-electron chi connectivity index (χ2n) is 6.37. The van der Waals surface area contributed by atoms with Gasteiger partial charge in [-0.2, -0.15) is 0 Å². The minimum atomic E-state index is -0.299. The molecular formula is C20H19FN4O3. The SMILES string of the molecule is COc1ccccc1-c1nnc(C(=O)N2CCN(c3ccc(F)cc3)CC2)o1. The number of carbonyl (C=O) groups is 1. The molecule has 0 saturated carbocycles. The van der Waals surface area contributed by atoms with E-state index in [9.17, 15) is 9.18 Å². The van der Waals surface area contributed by atoms with Crippen LogP contribution in [-0.2, 0) is 0 Å². The normalized spacial score (nSPS) is 14.2. The molecule has 0 radical (unpaired) electrons. The lowest BCUT2D eigenvalue weighted by molar-refractivity contribution is 0.0707. The summed E-state index contributed by atoms with van der Waals surface area (Å²) in [6.07, 6.45) is 0. The van der Waals surface area contributed by atoms with Crippen molar-refractivity contribution in [3.63, 3.8) is 0 Å². The third-order valence-electron chi connectivity index (χ3n) is 4.70. The van der Waals surface area contributed by atoms with Crippen molar-refractivity contribution in [1.29, 1.82) is 0 Å². The van der Waals surface area contributed by atoms with Gasteiger partial charge in [-0.25, -0.2) is 4.39 Å². The molecule has 2 heterocycles. The average molecular weight is 382 g/mol. The molecular weight excluding hydrogens is 363 g/mol. The first-order valence-corrected chi connectivity index (χ1v) is 8.92. The van der Waals surface area contributed by atoms with Crippen LogP contribution < -0.4 is 9.64 Å². The average Bonchev–Trinajstić information content (AvgIpc) is 3.24. The Morgan fingerprint density at radius 3 is 2.46 bits per heavy atom. The van der Waals surface area contributed by atoms with Crippen LogP contribution in [0, 0.1) is 5.82 Å². The van der Waals surface area contributed by atoms with Crippen molar-refractivity contribution in [1.82, 2.24) is 15.1 Å². The first kappa shape index (κ1) is 18.0. The van der Waals surface area contributed by atoms with Crippen LogP contribution >= 0.6 is 0 Å². The summed E-state index contributed by atoms with van der Waals surface area (Å²) in [4.78, 5) is 16.5. The van der Waals surface area contributed by atoms with Crippen LogP contribution in [0.1, 0.15) is 10.7 Å². The van der Waals surface area contributed by atoms with Crippen LogP contribution in [0.3, 0.4) is 0 Å². The maximum absolute atomic E-state index is 13.1. The Morgan fingerprint density at radius 2 is 1.75 bits per heavy atom. The van der Waals surface area contributed by atoms with E-state index in [4.69, 9.17) is 9.15 Å². The zero-order valence-electron chi connectivity index (χ0n) is 15.3. The summed E-state index contributed by atoms with van der Waals surface area (Å²) in [7, 11) is 1.56. The van der Waals surface area contributed by atoms with E-state index in [2.05, 4.69) is 15.1 Å². The number of ether oxygens (including phenoxy) is 1. The zero-order valence-corrected chi connectivity index (χ0v) is 15.3. The van der Waals surface area contributed by atoms with Crippen LogP contribution in [0.25, 0.3) is 11.5 Å². The molecule has 28 heavy (non-hydrogen) atoms. The Morgan fingerprint density at radius 1 is 1.04 bits per heavy atom. The molecule has 1 amide bonds. The fourth-order valence-electron chi connectivity index (χ4n) is 3.19. The predicted molar refractivity (Wildman–Crippen MR) is 101 cm³/mol. The number of hydrogen-bond acceptors (Lipinski definition) is 6. The maximum Gasteiger partial charge on any atom is 0.311 e. The van der Waals surface area contributed by atoms with Gasteiger partial charge >= 0.3 is 11.8 Å². The molecule has 0 unspecified atom stereocenters. The third-order valence-corrected chi connectivity index (χ3v) is 4.70. The molecule has 1 aromatic heterocycles. The lowest BCUT2D eigenvalue weighted by Crippen LogP contribution is -2.48. The first-order chi connectivity index (χ1) is 13.7. The summed E-state index contributed by atoms with van der Waals surface area (Å²) in [5.41, 5.74) is 1.57. The fraction of sp³-hybridized carbons (Fsp3) is 0.250. The summed E-state index contributed by atoms with van der Waals surface area (Å²) in [5.74, 6) is 0.229. The van der Waals surface area contributed by atoms with Gasteiger partial charge in [-0.1, -0.05) is 12.1 Å². The number of methoxy groups -OCH3 is 1. The van der Waals surface area contributed by atoms with Crippen molar-refractivity contribution in [2.75, 3.05) is 38.2 Å². The summed E-state index contributed by atoms with van der Waals surface area (Å²) >= 11 is 0. The van der Waals surface area contributed by atoms with E-state index >= 15 is 0 Å². The number of anilines is 1. The molecule has 1 aliphatic heterocycles. The highest BCUT2D eigenvalue weighted by atomic mass is 19.1. The number of carbonyl (C=O) groups excluding carboxylic acids is 1. The van der Waals surface area contributed by atoms with Crippen molar-refractivity contribution in [2.45, 2.75) is 0 Å². The van der Waals surface area contributed by atoms with Gasteiger partial charge in [0, 0.05) is 31.9 Å². The van der Waals surface area contributed by atoms with Gasteiger partial charge in [0.05, 0.1) is 12.7 Å². The highest BCUT2D eigenvalue weighted by Gasteiger charge is 2.27. The minimum absolute atomic E-state index is 0.0452. The summed E-state index contributed by atoms with van der Waals surface area (Å²) in [6.45, 7) is 2.32. The van der Waals surface area contributed by atoms with Gasteiger partial charge in [0.2, 0.25) is 0 Å². The van der Waals surface area contributed by atoms with Gasteiger partial charge in [0.25, 0.3) is 5.89 Å². The molecule has 1 aliphatic rings. The Kier molecular flexibility index (Phi) is 4.92. The molecule has 144 valence electrons. The van der Waals surface area contributed by atoms with Crippen LogP contribution in [0.5, 0.6) is 5.75 Å². The van der Waals surface area contributed by atoms with E-state index in [1.165, 1.54) is 12.1 Å². The van der Waals surface area contributed by atoms with Crippen molar-refractivity contribution in [2.24, 2.45) is 0 Å². The number of hydrogen-bond donors (Lipinski definition) is 0. The topological polar surface area (TPSA) is 71.7 Å². The maximum atomic E-state index is 13.1. The van der Waals surface area contributed by atoms with Crippen molar-refractivity contribution >= 4 is 11.6 Å². The van der Waals surface area contributed by atoms with Crippen molar-refractivity contribution in [3.8, 4) is 17.2 Å². The molecule has 0 aliphatic carbocycles. The molecule has 2 aromatic carbocycles. The van der Waals surface area contributed by atoms with Gasteiger partial charge in [-0.3, -0.25) is 4.79 Å². The summed E-state index contributed by atoms with van der Waals surface area (Å²) < 4.78 is 24.0. The molecule has 1 saturated heterocycles.